The van der Waals surface area contributed by atoms with Crippen LogP contribution in [0, 0.1) is 11.3 Å². The number of carbonyl (C=O) groups excluding carboxylic acids is 1. The fourth-order valence-corrected chi connectivity index (χ4v) is 2.97. The Morgan fingerprint density at radius 2 is 2.07 bits per heavy atom. The van der Waals surface area contributed by atoms with Crippen LogP contribution in [-0.4, -0.2) is 24.3 Å². The summed E-state index contributed by atoms with van der Waals surface area (Å²) in [6.45, 7) is 2.96. The summed E-state index contributed by atoms with van der Waals surface area (Å²) in [6, 6.07) is 16.4. The molecule has 150 valence electrons. The van der Waals surface area contributed by atoms with Gasteiger partial charge in [-0.3, -0.25) is 9.63 Å². The SMILES string of the molecule is CCC1=NOC(CCNc2ccccc2C(=O)NOCc2ccc(C#N)cc2)C1. The van der Waals surface area contributed by atoms with E-state index in [1.165, 1.54) is 0 Å². The van der Waals surface area contributed by atoms with E-state index in [9.17, 15) is 4.79 Å². The minimum atomic E-state index is -0.324. The Labute approximate surface area is 170 Å². The summed E-state index contributed by atoms with van der Waals surface area (Å²) in [7, 11) is 0. The Balaban J connectivity index is 1.47. The lowest BCUT2D eigenvalue weighted by Crippen LogP contribution is -2.25. The number of nitriles is 1. The van der Waals surface area contributed by atoms with Crippen molar-refractivity contribution < 1.29 is 14.5 Å². The van der Waals surface area contributed by atoms with Crippen LogP contribution < -0.4 is 10.8 Å². The van der Waals surface area contributed by atoms with E-state index in [-0.39, 0.29) is 18.6 Å². The van der Waals surface area contributed by atoms with Crippen molar-refractivity contribution in [3.8, 4) is 6.07 Å². The summed E-state index contributed by atoms with van der Waals surface area (Å²) in [5, 5.41) is 16.2. The molecule has 1 aliphatic rings. The number of carbonyl (C=O) groups is 1. The third kappa shape index (κ3) is 5.80. The van der Waals surface area contributed by atoms with Crippen molar-refractivity contribution in [1.82, 2.24) is 5.48 Å². The number of nitrogens with zero attached hydrogens (tertiary/aromatic N) is 2. The fourth-order valence-electron chi connectivity index (χ4n) is 2.97. The smallest absolute Gasteiger partial charge is 0.276 e. The lowest BCUT2D eigenvalue weighted by Gasteiger charge is -2.14. The summed E-state index contributed by atoms with van der Waals surface area (Å²) in [4.78, 5) is 23.2. The van der Waals surface area contributed by atoms with Gasteiger partial charge in [0.1, 0.15) is 6.10 Å². The lowest BCUT2D eigenvalue weighted by molar-refractivity contribution is 0.0234. The Bertz CT molecular complexity index is 903. The fraction of sp³-hybridized carbons (Fsp3) is 0.318. The monoisotopic (exact) mass is 392 g/mol. The molecule has 0 aromatic heterocycles. The maximum atomic E-state index is 12.5. The second-order valence-corrected chi connectivity index (χ2v) is 6.73. The van der Waals surface area contributed by atoms with E-state index < -0.39 is 0 Å². The highest BCUT2D eigenvalue weighted by atomic mass is 16.7. The molecule has 7 nitrogen and oxygen atoms in total. The van der Waals surface area contributed by atoms with E-state index in [4.69, 9.17) is 14.9 Å². The largest absolute Gasteiger partial charge is 0.392 e. The van der Waals surface area contributed by atoms with Gasteiger partial charge >= 0.3 is 0 Å². The highest BCUT2D eigenvalue weighted by Crippen LogP contribution is 2.18. The van der Waals surface area contributed by atoms with Gasteiger partial charge < -0.3 is 10.2 Å². The van der Waals surface area contributed by atoms with Gasteiger partial charge in [-0.15, -0.1) is 0 Å². The average Bonchev–Trinajstić information content (AvgIpc) is 3.22. The molecule has 1 amide bonds. The minimum Gasteiger partial charge on any atom is -0.392 e. The van der Waals surface area contributed by atoms with Crippen LogP contribution in [0.5, 0.6) is 0 Å². The number of hydrogen-bond donors (Lipinski definition) is 2. The average molecular weight is 392 g/mol. The Hall–Kier alpha value is -3.37. The van der Waals surface area contributed by atoms with E-state index in [0.717, 1.165) is 36.2 Å². The second-order valence-electron chi connectivity index (χ2n) is 6.73. The molecule has 0 spiro atoms. The number of rotatable bonds is 9. The number of amides is 1. The Morgan fingerprint density at radius 3 is 2.79 bits per heavy atom. The maximum Gasteiger partial charge on any atom is 0.276 e. The van der Waals surface area contributed by atoms with E-state index >= 15 is 0 Å². The van der Waals surface area contributed by atoms with E-state index in [2.05, 4.69) is 28.9 Å². The van der Waals surface area contributed by atoms with Gasteiger partial charge in [-0.25, -0.2) is 5.48 Å². The molecule has 1 aliphatic heterocycles. The third-order valence-corrected chi connectivity index (χ3v) is 4.64. The number of para-hydroxylation sites is 1. The molecule has 0 fully saturated rings. The number of hydroxylamine groups is 1. The molecule has 0 saturated heterocycles. The molecular formula is C22H24N4O3. The van der Waals surface area contributed by atoms with Crippen molar-refractivity contribution in [2.45, 2.75) is 38.9 Å². The van der Waals surface area contributed by atoms with Gasteiger partial charge in [0.05, 0.1) is 29.5 Å². The molecule has 0 saturated carbocycles. The Kier molecular flexibility index (Phi) is 7.20. The van der Waals surface area contributed by atoms with Gasteiger partial charge in [0.15, 0.2) is 0 Å². The van der Waals surface area contributed by atoms with Crippen LogP contribution in [0.25, 0.3) is 0 Å². The van der Waals surface area contributed by atoms with Crippen LogP contribution in [0.2, 0.25) is 0 Å². The molecule has 2 N–H and O–H groups in total. The summed E-state index contributed by atoms with van der Waals surface area (Å²) in [5.41, 5.74) is 6.25. The predicted octanol–water partition coefficient (Wildman–Crippen LogP) is 3.78. The zero-order valence-electron chi connectivity index (χ0n) is 16.4. The van der Waals surface area contributed by atoms with Crippen molar-refractivity contribution in [2.75, 3.05) is 11.9 Å². The first-order chi connectivity index (χ1) is 14.2. The van der Waals surface area contributed by atoms with Crippen LogP contribution in [-0.2, 0) is 16.3 Å². The summed E-state index contributed by atoms with van der Waals surface area (Å²) in [5.74, 6) is -0.324. The molecule has 2 aromatic rings. The topological polar surface area (TPSA) is 95.7 Å². The van der Waals surface area contributed by atoms with Crippen molar-refractivity contribution in [3.63, 3.8) is 0 Å². The zero-order valence-corrected chi connectivity index (χ0v) is 16.4. The van der Waals surface area contributed by atoms with Crippen molar-refractivity contribution >= 4 is 17.3 Å². The molecule has 1 atom stereocenters. The van der Waals surface area contributed by atoms with Crippen molar-refractivity contribution in [3.05, 3.63) is 65.2 Å². The van der Waals surface area contributed by atoms with Gasteiger partial charge in [-0.1, -0.05) is 36.3 Å². The molecule has 1 heterocycles. The first-order valence-corrected chi connectivity index (χ1v) is 9.65. The minimum absolute atomic E-state index is 0.0918. The standard InChI is InChI=1S/C22H24N4O3/c1-2-18-13-19(29-25-18)11-12-24-21-6-4-3-5-20(21)22(27)26-28-15-17-9-7-16(14-23)8-10-17/h3-10,19,24H,2,11-13,15H2,1H3,(H,26,27). The number of nitrogens with one attached hydrogen (secondary N) is 2. The van der Waals surface area contributed by atoms with Crippen LogP contribution in [0.1, 0.15) is 47.7 Å². The second kappa shape index (κ2) is 10.2. The number of hydrogen-bond acceptors (Lipinski definition) is 6. The Morgan fingerprint density at radius 1 is 1.28 bits per heavy atom. The summed E-state index contributed by atoms with van der Waals surface area (Å²) < 4.78 is 0. The molecule has 29 heavy (non-hydrogen) atoms. The quantitative estimate of drug-likeness (QED) is 0.633. The van der Waals surface area contributed by atoms with Crippen LogP contribution in [0.15, 0.2) is 53.7 Å². The first-order valence-electron chi connectivity index (χ1n) is 9.65. The van der Waals surface area contributed by atoms with Crippen molar-refractivity contribution in [1.29, 1.82) is 5.26 Å². The molecule has 3 rings (SSSR count). The van der Waals surface area contributed by atoms with Crippen LogP contribution in [0.3, 0.4) is 0 Å². The molecule has 7 heteroatoms. The molecule has 1 unspecified atom stereocenters. The predicted molar refractivity (Wildman–Crippen MR) is 110 cm³/mol. The normalized spacial score (nSPS) is 15.2. The highest BCUT2D eigenvalue weighted by Gasteiger charge is 2.19. The van der Waals surface area contributed by atoms with E-state index in [0.29, 0.717) is 17.7 Å². The molecule has 0 radical (unpaired) electrons. The lowest BCUT2D eigenvalue weighted by atomic mass is 10.1. The zero-order chi connectivity index (χ0) is 20.5. The molecular weight excluding hydrogens is 368 g/mol. The van der Waals surface area contributed by atoms with Gasteiger partial charge in [-0.05, 0) is 36.2 Å². The maximum absolute atomic E-state index is 12.5. The summed E-state index contributed by atoms with van der Waals surface area (Å²) in [6.07, 6.45) is 2.67. The highest BCUT2D eigenvalue weighted by molar-refractivity contribution is 5.99. The third-order valence-electron chi connectivity index (χ3n) is 4.64. The number of benzene rings is 2. The summed E-state index contributed by atoms with van der Waals surface area (Å²) >= 11 is 0. The van der Waals surface area contributed by atoms with Gasteiger partial charge in [0, 0.05) is 25.1 Å². The molecule has 0 bridgehead atoms. The first kappa shape index (κ1) is 20.4. The van der Waals surface area contributed by atoms with Crippen LogP contribution >= 0.6 is 0 Å². The van der Waals surface area contributed by atoms with E-state index in [1.807, 2.05) is 18.2 Å². The van der Waals surface area contributed by atoms with Gasteiger partial charge in [0.25, 0.3) is 5.91 Å². The number of oxime groups is 1. The molecule has 0 aliphatic carbocycles. The molecule has 2 aromatic carbocycles. The number of anilines is 1. The van der Waals surface area contributed by atoms with E-state index in [1.54, 1.807) is 30.3 Å². The van der Waals surface area contributed by atoms with Gasteiger partial charge in [-0.2, -0.15) is 5.26 Å². The van der Waals surface area contributed by atoms with Crippen LogP contribution in [0.4, 0.5) is 5.69 Å². The van der Waals surface area contributed by atoms with Crippen molar-refractivity contribution in [2.24, 2.45) is 5.16 Å². The van der Waals surface area contributed by atoms with Gasteiger partial charge in [0.2, 0.25) is 0 Å².